The number of nitrogens with zero attached hydrogens (tertiary/aromatic N) is 1. The molecule has 1 aromatic carbocycles. The van der Waals surface area contributed by atoms with Crippen LogP contribution in [-0.4, -0.2) is 22.7 Å². The van der Waals surface area contributed by atoms with E-state index in [4.69, 9.17) is 9.57 Å². The molecule has 0 spiro atoms. The number of hydrogen-bond donors (Lipinski definition) is 0. The molecule has 1 atom stereocenters. The molecule has 0 N–H and O–H groups in total. The number of ether oxygens (including phenoxy) is 1. The van der Waals surface area contributed by atoms with Crippen LogP contribution in [0.2, 0.25) is 0 Å². The minimum atomic E-state index is 0. The fourth-order valence-electron chi connectivity index (χ4n) is 3.61. The van der Waals surface area contributed by atoms with Crippen molar-refractivity contribution < 1.29 is 28.4 Å². The smallest absolute Gasteiger partial charge is 0.494 e. The van der Waals surface area contributed by atoms with Crippen molar-refractivity contribution in [2.75, 3.05) is 6.61 Å². The molecular formula is C21H34LiNO2. The normalized spacial score (nSPS) is 20.6. The summed E-state index contributed by atoms with van der Waals surface area (Å²) in [6.45, 7) is 15.8. The molecule has 25 heavy (non-hydrogen) atoms. The van der Waals surface area contributed by atoms with Crippen LogP contribution in [0.15, 0.2) is 24.3 Å². The summed E-state index contributed by atoms with van der Waals surface area (Å²) in [5, 5.41) is 2.23. The molecule has 0 saturated carbocycles. The molecule has 0 amide bonds. The number of hydrogen-bond acceptors (Lipinski definition) is 3. The predicted molar refractivity (Wildman–Crippen MR) is 99.9 cm³/mol. The first kappa shape index (κ1) is 22.6. The second kappa shape index (κ2) is 9.47. The molecule has 1 aromatic rings. The van der Waals surface area contributed by atoms with E-state index >= 15 is 0 Å². The Bertz CT molecular complexity index is 497. The largest absolute Gasteiger partial charge is 1.00 e. The third kappa shape index (κ3) is 6.03. The molecular weight excluding hydrogens is 305 g/mol. The van der Waals surface area contributed by atoms with Gasteiger partial charge in [-0.3, -0.25) is 4.84 Å². The van der Waals surface area contributed by atoms with Gasteiger partial charge < -0.3 is 11.7 Å². The van der Waals surface area contributed by atoms with Crippen LogP contribution in [0, 0.1) is 6.92 Å². The Labute approximate surface area is 166 Å². The molecule has 0 radical (unpaired) electrons. The second-order valence-electron chi connectivity index (χ2n) is 8.15. The molecule has 1 aliphatic rings. The van der Waals surface area contributed by atoms with E-state index in [0.29, 0.717) is 0 Å². The van der Waals surface area contributed by atoms with Crippen LogP contribution < -0.4 is 23.6 Å². The second-order valence-corrected chi connectivity index (χ2v) is 8.15. The van der Waals surface area contributed by atoms with Crippen LogP contribution in [0.3, 0.4) is 0 Å². The summed E-state index contributed by atoms with van der Waals surface area (Å²) in [5.41, 5.74) is 1.30. The van der Waals surface area contributed by atoms with Gasteiger partial charge in [-0.2, -0.15) is 11.5 Å². The number of rotatable bonds is 7. The van der Waals surface area contributed by atoms with Gasteiger partial charge in [-0.25, -0.2) is 0 Å². The molecule has 0 aliphatic carbocycles. The zero-order valence-corrected chi connectivity index (χ0v) is 17.1. The maximum atomic E-state index is 6.43. The van der Waals surface area contributed by atoms with Gasteiger partial charge in [0.05, 0.1) is 6.61 Å². The monoisotopic (exact) mass is 339 g/mol. The van der Waals surface area contributed by atoms with E-state index in [0.717, 1.165) is 25.2 Å². The Hall–Kier alpha value is -0.463. The number of piperidine rings is 1. The van der Waals surface area contributed by atoms with Crippen molar-refractivity contribution in [2.45, 2.75) is 83.9 Å². The van der Waals surface area contributed by atoms with Crippen LogP contribution >= 0.6 is 0 Å². The fourth-order valence-corrected chi connectivity index (χ4v) is 3.61. The Morgan fingerprint density at radius 1 is 1.08 bits per heavy atom. The topological polar surface area (TPSA) is 21.7 Å². The van der Waals surface area contributed by atoms with Gasteiger partial charge >= 0.3 is 18.9 Å². The van der Waals surface area contributed by atoms with Crippen LogP contribution in [-0.2, 0) is 4.84 Å². The molecule has 1 saturated heterocycles. The Kier molecular flexibility index (Phi) is 8.55. The zero-order chi connectivity index (χ0) is 17.8. The zero-order valence-electron chi connectivity index (χ0n) is 17.1. The maximum absolute atomic E-state index is 6.43. The van der Waals surface area contributed by atoms with Gasteiger partial charge in [0.25, 0.3) is 0 Å². The van der Waals surface area contributed by atoms with Crippen molar-refractivity contribution in [2.24, 2.45) is 0 Å². The molecule has 3 nitrogen and oxygen atoms in total. The summed E-state index contributed by atoms with van der Waals surface area (Å²) in [6.07, 6.45) is 5.51. The first-order valence-corrected chi connectivity index (χ1v) is 9.25. The molecule has 136 valence electrons. The van der Waals surface area contributed by atoms with E-state index < -0.39 is 0 Å². The van der Waals surface area contributed by atoms with Gasteiger partial charge in [0, 0.05) is 11.1 Å². The first-order valence-electron chi connectivity index (χ1n) is 9.25. The van der Waals surface area contributed by atoms with Crippen molar-refractivity contribution in [3.8, 4) is 5.75 Å². The molecule has 1 unspecified atom stereocenters. The fraction of sp³-hybridized carbons (Fsp3) is 0.667. The molecule has 1 heterocycles. The van der Waals surface area contributed by atoms with Crippen molar-refractivity contribution in [1.82, 2.24) is 5.06 Å². The third-order valence-electron chi connectivity index (χ3n) is 4.95. The van der Waals surface area contributed by atoms with Gasteiger partial charge in [0.1, 0.15) is 11.9 Å². The minimum Gasteiger partial charge on any atom is -0.494 e. The van der Waals surface area contributed by atoms with Crippen LogP contribution in [0.5, 0.6) is 5.75 Å². The van der Waals surface area contributed by atoms with E-state index in [-0.39, 0.29) is 36.0 Å². The molecule has 0 bridgehead atoms. The minimum absolute atomic E-state index is 0. The molecule has 1 fully saturated rings. The van der Waals surface area contributed by atoms with Crippen LogP contribution in [0.4, 0.5) is 0 Å². The van der Waals surface area contributed by atoms with Gasteiger partial charge in [-0.05, 0) is 78.0 Å². The van der Waals surface area contributed by atoms with Gasteiger partial charge in [0.15, 0.2) is 0 Å². The van der Waals surface area contributed by atoms with Crippen LogP contribution in [0.25, 0.3) is 0 Å². The van der Waals surface area contributed by atoms with E-state index in [1.807, 2.05) is 12.1 Å². The van der Waals surface area contributed by atoms with E-state index in [2.05, 4.69) is 58.7 Å². The van der Waals surface area contributed by atoms with Crippen molar-refractivity contribution in [1.29, 1.82) is 0 Å². The summed E-state index contributed by atoms with van der Waals surface area (Å²) in [4.78, 5) is 6.43. The molecule has 2 rings (SSSR count). The summed E-state index contributed by atoms with van der Waals surface area (Å²) in [7, 11) is 0. The average molecular weight is 339 g/mol. The van der Waals surface area contributed by atoms with Gasteiger partial charge in [0.2, 0.25) is 0 Å². The van der Waals surface area contributed by atoms with E-state index in [1.54, 1.807) is 0 Å². The molecule has 4 heteroatoms. The van der Waals surface area contributed by atoms with E-state index in [1.165, 1.54) is 24.8 Å². The quantitative estimate of drug-likeness (QED) is 0.433. The Morgan fingerprint density at radius 2 is 1.64 bits per heavy atom. The number of benzene rings is 1. The van der Waals surface area contributed by atoms with Crippen molar-refractivity contribution >= 4 is 0 Å². The standard InChI is InChI=1S/C21H34NO2.Li/c1-7-8-16-23-19-12-10-18(11-13-19)17(2)24-22-20(3,4)14-9-15-21(22,5)6;/h10-13,17H,1,7-9,14-16H2,2-6H3;/q-1;+1. The Balaban J connectivity index is 0.00000312. The van der Waals surface area contributed by atoms with Gasteiger partial charge in [-0.15, -0.1) is 0 Å². The molecule has 0 aromatic heterocycles. The first-order chi connectivity index (χ1) is 11.3. The average Bonchev–Trinajstić information content (AvgIpc) is 2.51. The van der Waals surface area contributed by atoms with Crippen LogP contribution in [0.1, 0.15) is 78.4 Å². The SMILES string of the molecule is [CH2-]CCCOc1ccc(C(C)ON2C(C)(C)CCCC2(C)C)cc1.[Li+]. The predicted octanol–water partition coefficient (Wildman–Crippen LogP) is 2.72. The number of unbranched alkanes of at least 4 members (excludes halogenated alkanes) is 1. The van der Waals surface area contributed by atoms with Crippen molar-refractivity contribution in [3.63, 3.8) is 0 Å². The summed E-state index contributed by atoms with van der Waals surface area (Å²) in [6, 6.07) is 8.28. The van der Waals surface area contributed by atoms with Gasteiger partial charge in [-0.1, -0.05) is 12.1 Å². The summed E-state index contributed by atoms with van der Waals surface area (Å²) >= 11 is 0. The van der Waals surface area contributed by atoms with E-state index in [9.17, 15) is 0 Å². The number of hydroxylamine groups is 2. The third-order valence-corrected chi connectivity index (χ3v) is 4.95. The molecule has 1 aliphatic heterocycles. The summed E-state index contributed by atoms with van der Waals surface area (Å²) < 4.78 is 5.71. The Morgan fingerprint density at radius 3 is 2.16 bits per heavy atom. The maximum Gasteiger partial charge on any atom is 1.00 e. The summed E-state index contributed by atoms with van der Waals surface area (Å²) in [5.74, 6) is 0.915. The van der Waals surface area contributed by atoms with Crippen molar-refractivity contribution in [3.05, 3.63) is 36.8 Å².